The number of nitrogens with two attached hydrogens (primary N) is 1. The maximum absolute atomic E-state index is 5.84. The zero-order valence-electron chi connectivity index (χ0n) is 11.9. The van der Waals surface area contributed by atoms with Crippen molar-refractivity contribution in [3.05, 3.63) is 44.3 Å². The van der Waals surface area contributed by atoms with Crippen LogP contribution < -0.4 is 10.5 Å². The Morgan fingerprint density at radius 2 is 2.10 bits per heavy atom. The van der Waals surface area contributed by atoms with Crippen molar-refractivity contribution in [1.82, 2.24) is 4.98 Å². The van der Waals surface area contributed by atoms with E-state index in [2.05, 4.69) is 47.1 Å². The number of ether oxygens (including phenoxy) is 1. The number of thiazole rings is 1. The maximum atomic E-state index is 5.84. The summed E-state index contributed by atoms with van der Waals surface area (Å²) in [5.41, 5.74) is 7.91. The van der Waals surface area contributed by atoms with E-state index < -0.39 is 0 Å². The normalized spacial score (nSPS) is 11.7. The molecule has 20 heavy (non-hydrogen) atoms. The van der Waals surface area contributed by atoms with Crippen molar-refractivity contribution < 1.29 is 4.74 Å². The number of nitrogens with zero attached hydrogens (tertiary/aromatic N) is 1. The van der Waals surface area contributed by atoms with E-state index in [9.17, 15) is 0 Å². The summed E-state index contributed by atoms with van der Waals surface area (Å²) in [4.78, 5) is 4.62. The first-order valence-electron chi connectivity index (χ1n) is 6.46. The number of benzene rings is 1. The molecule has 0 aliphatic carbocycles. The lowest BCUT2D eigenvalue weighted by Gasteiger charge is -2.14. The molecule has 0 unspecified atom stereocenters. The lowest BCUT2D eigenvalue weighted by Crippen LogP contribution is -2.11. The van der Waals surface area contributed by atoms with Gasteiger partial charge in [0.25, 0.3) is 0 Å². The Balaban J connectivity index is 2.07. The fraction of sp³-hybridized carbons (Fsp3) is 0.400. The molecule has 2 N–H and O–H groups in total. The average molecular weight is 355 g/mol. The Labute approximate surface area is 132 Å². The summed E-state index contributed by atoms with van der Waals surface area (Å²) in [6.07, 6.45) is 0. The lowest BCUT2D eigenvalue weighted by atomic mass is 9.93. The number of halogens is 1. The van der Waals surface area contributed by atoms with Gasteiger partial charge in [-0.3, -0.25) is 0 Å². The van der Waals surface area contributed by atoms with Gasteiger partial charge >= 0.3 is 0 Å². The Hall–Kier alpha value is -0.910. The van der Waals surface area contributed by atoms with Crippen molar-refractivity contribution in [2.75, 3.05) is 0 Å². The largest absolute Gasteiger partial charge is 0.486 e. The summed E-state index contributed by atoms with van der Waals surface area (Å²) in [5.74, 6) is 0.822. The van der Waals surface area contributed by atoms with Crippen LogP contribution in [0.2, 0.25) is 0 Å². The van der Waals surface area contributed by atoms with Crippen molar-refractivity contribution >= 4 is 27.3 Å². The Kier molecular flexibility index (Phi) is 4.83. The molecule has 0 saturated carbocycles. The molecule has 108 valence electrons. The maximum Gasteiger partial charge on any atom is 0.140 e. The van der Waals surface area contributed by atoms with Gasteiger partial charge in [-0.15, -0.1) is 11.3 Å². The molecule has 5 heteroatoms. The molecule has 0 spiro atoms. The Morgan fingerprint density at radius 3 is 2.70 bits per heavy atom. The quantitative estimate of drug-likeness (QED) is 0.892. The van der Waals surface area contributed by atoms with E-state index in [1.165, 1.54) is 0 Å². The fourth-order valence-corrected chi connectivity index (χ4v) is 3.05. The first-order chi connectivity index (χ1) is 9.40. The molecule has 3 nitrogen and oxygen atoms in total. The third-order valence-electron chi connectivity index (χ3n) is 2.91. The van der Waals surface area contributed by atoms with E-state index in [0.29, 0.717) is 13.2 Å². The van der Waals surface area contributed by atoms with Crippen molar-refractivity contribution in [3.8, 4) is 5.75 Å². The molecule has 0 aliphatic rings. The van der Waals surface area contributed by atoms with Gasteiger partial charge in [-0.2, -0.15) is 0 Å². The highest BCUT2D eigenvalue weighted by molar-refractivity contribution is 9.10. The minimum Gasteiger partial charge on any atom is -0.486 e. The van der Waals surface area contributed by atoms with Crippen LogP contribution >= 0.6 is 27.3 Å². The van der Waals surface area contributed by atoms with Gasteiger partial charge in [0, 0.05) is 27.4 Å². The molecular formula is C15H19BrN2OS. The summed E-state index contributed by atoms with van der Waals surface area (Å²) in [7, 11) is 0. The molecule has 0 aliphatic heterocycles. The first-order valence-corrected chi connectivity index (χ1v) is 8.13. The van der Waals surface area contributed by atoms with E-state index >= 15 is 0 Å². The molecule has 1 aromatic heterocycles. The van der Waals surface area contributed by atoms with E-state index in [1.807, 2.05) is 18.2 Å². The predicted molar refractivity (Wildman–Crippen MR) is 87.2 cm³/mol. The van der Waals surface area contributed by atoms with Crippen LogP contribution in [-0.4, -0.2) is 4.98 Å². The summed E-state index contributed by atoms with van der Waals surface area (Å²) in [6.45, 7) is 7.42. The number of hydrogen-bond acceptors (Lipinski definition) is 4. The molecule has 0 radical (unpaired) electrons. The van der Waals surface area contributed by atoms with Crippen LogP contribution in [0.4, 0.5) is 0 Å². The van der Waals surface area contributed by atoms with Crippen molar-refractivity contribution in [2.45, 2.75) is 39.3 Å². The second-order valence-corrected chi connectivity index (χ2v) is 7.48. The van der Waals surface area contributed by atoms with Gasteiger partial charge in [-0.25, -0.2) is 4.98 Å². The average Bonchev–Trinajstić information content (AvgIpc) is 2.86. The zero-order valence-corrected chi connectivity index (χ0v) is 14.3. The molecular weight excluding hydrogens is 336 g/mol. The second-order valence-electron chi connectivity index (χ2n) is 5.62. The lowest BCUT2D eigenvalue weighted by molar-refractivity contribution is 0.301. The smallest absolute Gasteiger partial charge is 0.140 e. The van der Waals surface area contributed by atoms with Crippen LogP contribution in [0, 0.1) is 0 Å². The molecule has 0 fully saturated rings. The fourth-order valence-electron chi connectivity index (χ4n) is 1.71. The molecule has 2 rings (SSSR count). The summed E-state index contributed by atoms with van der Waals surface area (Å²) in [5, 5.41) is 3.09. The highest BCUT2D eigenvalue weighted by Crippen LogP contribution is 2.26. The molecule has 1 aromatic carbocycles. The molecule has 0 atom stereocenters. The SMILES string of the molecule is CC(C)(C)c1csc(COc2ccc(Br)cc2CN)n1. The number of hydrogen-bond donors (Lipinski definition) is 1. The Bertz CT molecular complexity index is 590. The van der Waals surface area contributed by atoms with Crippen LogP contribution in [0.3, 0.4) is 0 Å². The van der Waals surface area contributed by atoms with Gasteiger partial charge in [0.2, 0.25) is 0 Å². The predicted octanol–water partition coefficient (Wildman–Crippen LogP) is 4.24. The molecule has 0 saturated heterocycles. The molecule has 0 amide bonds. The summed E-state index contributed by atoms with van der Waals surface area (Å²) in [6, 6.07) is 5.87. The van der Waals surface area contributed by atoms with Gasteiger partial charge in [0.15, 0.2) is 0 Å². The van der Waals surface area contributed by atoms with Gasteiger partial charge in [-0.05, 0) is 18.2 Å². The van der Waals surface area contributed by atoms with Crippen molar-refractivity contribution in [3.63, 3.8) is 0 Å². The molecule has 1 heterocycles. The van der Waals surface area contributed by atoms with E-state index in [4.69, 9.17) is 10.5 Å². The topological polar surface area (TPSA) is 48.1 Å². The molecule has 2 aromatic rings. The van der Waals surface area contributed by atoms with Gasteiger partial charge in [-0.1, -0.05) is 36.7 Å². The van der Waals surface area contributed by atoms with Crippen LogP contribution in [0.5, 0.6) is 5.75 Å². The van der Waals surface area contributed by atoms with Crippen LogP contribution in [-0.2, 0) is 18.6 Å². The zero-order chi connectivity index (χ0) is 14.8. The summed E-state index contributed by atoms with van der Waals surface area (Å²) < 4.78 is 6.85. The minimum atomic E-state index is 0.0782. The van der Waals surface area contributed by atoms with E-state index in [-0.39, 0.29) is 5.41 Å². The second kappa shape index (κ2) is 6.24. The van der Waals surface area contributed by atoms with Crippen LogP contribution in [0.25, 0.3) is 0 Å². The van der Waals surface area contributed by atoms with Crippen molar-refractivity contribution in [2.24, 2.45) is 5.73 Å². The van der Waals surface area contributed by atoms with Crippen LogP contribution in [0.1, 0.15) is 37.0 Å². The standard InChI is InChI=1S/C15H19BrN2OS/c1-15(2,3)13-9-20-14(18-13)8-19-12-5-4-11(16)6-10(12)7-17/h4-6,9H,7-8,17H2,1-3H3. The van der Waals surface area contributed by atoms with Crippen LogP contribution in [0.15, 0.2) is 28.1 Å². The van der Waals surface area contributed by atoms with E-state index in [1.54, 1.807) is 11.3 Å². The van der Waals surface area contributed by atoms with Gasteiger partial charge < -0.3 is 10.5 Å². The highest BCUT2D eigenvalue weighted by Gasteiger charge is 2.17. The third-order valence-corrected chi connectivity index (χ3v) is 4.23. The summed E-state index contributed by atoms with van der Waals surface area (Å²) >= 11 is 5.07. The first kappa shape index (κ1) is 15.5. The Morgan fingerprint density at radius 1 is 1.35 bits per heavy atom. The highest BCUT2D eigenvalue weighted by atomic mass is 79.9. The van der Waals surface area contributed by atoms with Crippen molar-refractivity contribution in [1.29, 1.82) is 0 Å². The number of rotatable bonds is 4. The number of aromatic nitrogens is 1. The van der Waals surface area contributed by atoms with E-state index in [0.717, 1.165) is 26.5 Å². The third kappa shape index (κ3) is 3.81. The van der Waals surface area contributed by atoms with Gasteiger partial charge in [0.1, 0.15) is 17.4 Å². The minimum absolute atomic E-state index is 0.0782. The monoisotopic (exact) mass is 354 g/mol. The van der Waals surface area contributed by atoms with Gasteiger partial charge in [0.05, 0.1) is 5.69 Å². The molecule has 0 bridgehead atoms.